The fourth-order valence-corrected chi connectivity index (χ4v) is 2.84. The Labute approximate surface area is 103 Å². The van der Waals surface area contributed by atoms with Gasteiger partial charge in [0.1, 0.15) is 5.82 Å². The summed E-state index contributed by atoms with van der Waals surface area (Å²) in [5.74, 6) is 5.28. The number of hydrazine groups is 1. The lowest BCUT2D eigenvalue weighted by molar-refractivity contribution is 0.562. The molecule has 0 aliphatic rings. The van der Waals surface area contributed by atoms with Gasteiger partial charge < -0.3 is 0 Å². The molecule has 2 rings (SSSR count). The number of halogens is 1. The van der Waals surface area contributed by atoms with Crippen molar-refractivity contribution in [3.8, 4) is 0 Å². The van der Waals surface area contributed by atoms with Crippen molar-refractivity contribution in [3.63, 3.8) is 0 Å². The normalized spacial score (nSPS) is 12.7. The van der Waals surface area contributed by atoms with Crippen LogP contribution in [-0.2, 0) is 0 Å². The Morgan fingerprint density at radius 1 is 1.35 bits per heavy atom. The molecule has 17 heavy (non-hydrogen) atoms. The molecule has 3 nitrogen and oxygen atoms in total. The molecule has 0 saturated heterocycles. The minimum atomic E-state index is -0.345. The molecule has 1 heterocycles. The number of aryl methyl sites for hydroxylation is 2. The number of rotatable bonds is 3. The Balaban J connectivity index is 2.47. The average molecular weight is 251 g/mol. The van der Waals surface area contributed by atoms with Crippen LogP contribution in [0.15, 0.2) is 24.3 Å². The maximum atomic E-state index is 13.7. The number of aromatic nitrogens is 1. The van der Waals surface area contributed by atoms with Crippen molar-refractivity contribution in [2.45, 2.75) is 19.9 Å². The molecule has 3 N–H and O–H groups in total. The summed E-state index contributed by atoms with van der Waals surface area (Å²) in [6, 6.07) is 6.28. The van der Waals surface area contributed by atoms with Crippen LogP contribution in [0.4, 0.5) is 4.39 Å². The second-order valence-electron chi connectivity index (χ2n) is 3.80. The van der Waals surface area contributed by atoms with Gasteiger partial charge in [0, 0.05) is 5.56 Å². The Morgan fingerprint density at radius 2 is 2.06 bits per heavy atom. The molecule has 1 unspecified atom stereocenters. The lowest BCUT2D eigenvalue weighted by Gasteiger charge is -2.15. The standard InChI is InChI=1S/C12H14FN3S/c1-7-12(17-8(2)15-7)11(16-14)9-5-3-4-6-10(9)13/h3-6,11,16H,14H2,1-2H3. The summed E-state index contributed by atoms with van der Waals surface area (Å²) in [4.78, 5) is 5.29. The van der Waals surface area contributed by atoms with Gasteiger partial charge in [-0.25, -0.2) is 14.8 Å². The third-order valence-electron chi connectivity index (χ3n) is 2.58. The Kier molecular flexibility index (Phi) is 3.51. The van der Waals surface area contributed by atoms with Crippen LogP contribution in [0.5, 0.6) is 0 Å². The van der Waals surface area contributed by atoms with Gasteiger partial charge in [0.15, 0.2) is 0 Å². The van der Waals surface area contributed by atoms with Gasteiger partial charge >= 0.3 is 0 Å². The maximum Gasteiger partial charge on any atom is 0.128 e. The van der Waals surface area contributed by atoms with E-state index in [1.807, 2.05) is 13.8 Å². The van der Waals surface area contributed by atoms with Crippen molar-refractivity contribution in [3.05, 3.63) is 51.2 Å². The molecule has 0 bridgehead atoms. The van der Waals surface area contributed by atoms with Crippen molar-refractivity contribution in [2.24, 2.45) is 5.84 Å². The molecule has 0 saturated carbocycles. The topological polar surface area (TPSA) is 50.9 Å². The molecule has 0 amide bonds. The highest BCUT2D eigenvalue weighted by Gasteiger charge is 2.20. The first-order chi connectivity index (χ1) is 8.13. The van der Waals surface area contributed by atoms with Crippen molar-refractivity contribution in [1.82, 2.24) is 10.4 Å². The molecule has 0 aliphatic heterocycles. The number of hydrogen-bond donors (Lipinski definition) is 2. The zero-order valence-electron chi connectivity index (χ0n) is 9.70. The molecule has 1 aromatic heterocycles. The van der Waals surface area contributed by atoms with Crippen molar-refractivity contribution in [1.29, 1.82) is 0 Å². The van der Waals surface area contributed by atoms with Gasteiger partial charge in [-0.1, -0.05) is 18.2 Å². The highest BCUT2D eigenvalue weighted by molar-refractivity contribution is 7.11. The molecule has 1 aromatic carbocycles. The fraction of sp³-hybridized carbons (Fsp3) is 0.250. The van der Waals surface area contributed by atoms with Crippen LogP contribution in [0.2, 0.25) is 0 Å². The van der Waals surface area contributed by atoms with Crippen LogP contribution >= 0.6 is 11.3 Å². The summed E-state index contributed by atoms with van der Waals surface area (Å²) in [5.41, 5.74) is 4.09. The van der Waals surface area contributed by atoms with E-state index in [9.17, 15) is 4.39 Å². The molecule has 0 aliphatic carbocycles. The third-order valence-corrected chi connectivity index (χ3v) is 3.72. The molecular formula is C12H14FN3S. The van der Waals surface area contributed by atoms with Gasteiger partial charge in [-0.05, 0) is 19.9 Å². The number of nitrogens with zero attached hydrogens (tertiary/aromatic N) is 1. The summed E-state index contributed by atoms with van der Waals surface area (Å²) in [5, 5.41) is 0.953. The second-order valence-corrected chi connectivity index (χ2v) is 5.04. The molecule has 0 radical (unpaired) electrons. The first-order valence-electron chi connectivity index (χ1n) is 5.28. The summed E-state index contributed by atoms with van der Waals surface area (Å²) in [7, 11) is 0. The average Bonchev–Trinajstić information content (AvgIpc) is 2.62. The van der Waals surface area contributed by atoms with E-state index in [-0.39, 0.29) is 11.9 Å². The second kappa shape index (κ2) is 4.91. The van der Waals surface area contributed by atoms with Gasteiger partial charge in [0.05, 0.1) is 21.6 Å². The molecule has 0 spiro atoms. The largest absolute Gasteiger partial charge is 0.271 e. The molecule has 90 valence electrons. The molecule has 0 fully saturated rings. The van der Waals surface area contributed by atoms with E-state index in [1.165, 1.54) is 17.4 Å². The lowest BCUT2D eigenvalue weighted by Crippen LogP contribution is -2.29. The van der Waals surface area contributed by atoms with Crippen LogP contribution in [-0.4, -0.2) is 4.98 Å². The highest BCUT2D eigenvalue weighted by Crippen LogP contribution is 2.30. The fourth-order valence-electron chi connectivity index (χ4n) is 1.83. The van der Waals surface area contributed by atoms with E-state index < -0.39 is 0 Å². The van der Waals surface area contributed by atoms with E-state index in [2.05, 4.69) is 10.4 Å². The van der Waals surface area contributed by atoms with Gasteiger partial charge in [0.2, 0.25) is 0 Å². The van der Waals surface area contributed by atoms with Crippen molar-refractivity contribution >= 4 is 11.3 Å². The lowest BCUT2D eigenvalue weighted by atomic mass is 10.0. The predicted octanol–water partition coefficient (Wildman–Crippen LogP) is 2.45. The van der Waals surface area contributed by atoms with Crippen molar-refractivity contribution < 1.29 is 4.39 Å². The quantitative estimate of drug-likeness (QED) is 0.651. The SMILES string of the molecule is Cc1nc(C)c(C(NN)c2ccccc2F)s1. The molecular weight excluding hydrogens is 237 g/mol. The predicted molar refractivity (Wildman–Crippen MR) is 67.2 cm³/mol. The van der Waals surface area contributed by atoms with Gasteiger partial charge in [-0.3, -0.25) is 5.84 Å². The van der Waals surface area contributed by atoms with E-state index in [0.717, 1.165) is 15.6 Å². The number of thiazole rings is 1. The van der Waals surface area contributed by atoms with Crippen LogP contribution in [0.1, 0.15) is 27.2 Å². The number of hydrogen-bond acceptors (Lipinski definition) is 4. The number of benzene rings is 1. The first-order valence-corrected chi connectivity index (χ1v) is 6.09. The molecule has 5 heteroatoms. The number of nitrogens with two attached hydrogens (primary N) is 1. The van der Waals surface area contributed by atoms with Crippen molar-refractivity contribution in [2.75, 3.05) is 0 Å². The van der Waals surface area contributed by atoms with E-state index >= 15 is 0 Å². The Bertz CT molecular complexity index is 524. The van der Waals surface area contributed by atoms with Gasteiger partial charge in [-0.15, -0.1) is 11.3 Å². The first kappa shape index (κ1) is 12.2. The highest BCUT2D eigenvalue weighted by atomic mass is 32.1. The van der Waals surface area contributed by atoms with Crippen LogP contribution in [0.3, 0.4) is 0 Å². The van der Waals surface area contributed by atoms with E-state index in [1.54, 1.807) is 18.2 Å². The van der Waals surface area contributed by atoms with Crippen LogP contribution in [0.25, 0.3) is 0 Å². The third kappa shape index (κ3) is 2.36. The monoisotopic (exact) mass is 251 g/mol. The summed E-state index contributed by atoms with van der Waals surface area (Å²) in [6.45, 7) is 3.83. The van der Waals surface area contributed by atoms with Crippen LogP contribution in [0, 0.1) is 19.7 Å². The minimum absolute atomic E-state index is 0.263. The molecule has 1 atom stereocenters. The van der Waals surface area contributed by atoms with E-state index in [4.69, 9.17) is 5.84 Å². The summed E-state index contributed by atoms with van der Waals surface area (Å²) < 4.78 is 13.7. The number of nitrogens with one attached hydrogen (secondary N) is 1. The van der Waals surface area contributed by atoms with Gasteiger partial charge in [-0.2, -0.15) is 0 Å². The Morgan fingerprint density at radius 3 is 2.59 bits per heavy atom. The Hall–Kier alpha value is -1.30. The minimum Gasteiger partial charge on any atom is -0.271 e. The molecule has 2 aromatic rings. The maximum absolute atomic E-state index is 13.7. The smallest absolute Gasteiger partial charge is 0.128 e. The van der Waals surface area contributed by atoms with Crippen LogP contribution < -0.4 is 11.3 Å². The van der Waals surface area contributed by atoms with Gasteiger partial charge in [0.25, 0.3) is 0 Å². The zero-order chi connectivity index (χ0) is 12.4. The van der Waals surface area contributed by atoms with E-state index in [0.29, 0.717) is 5.56 Å². The zero-order valence-corrected chi connectivity index (χ0v) is 10.5. The summed E-state index contributed by atoms with van der Waals surface area (Å²) in [6.07, 6.45) is 0. The summed E-state index contributed by atoms with van der Waals surface area (Å²) >= 11 is 1.53.